The predicted molar refractivity (Wildman–Crippen MR) is 148 cm³/mol. The van der Waals surface area contributed by atoms with Crippen LogP contribution in [0.4, 0.5) is 16.2 Å². The standard InChI is InChI=1S/C30H32N2O5/c1-30(2,3)19-11-14-26(34-4)24(17-19)32-29(33)31-23-13-16-25(22-10-8-7-9-21(22)23)37-20-12-15-27(35-5)28(18-20)36-6/h7-18H,1-6H3,(H2,31,32,33). The third-order valence-electron chi connectivity index (χ3n) is 6.03. The first-order valence-corrected chi connectivity index (χ1v) is 11.9. The van der Waals surface area contributed by atoms with Gasteiger partial charge in [-0.25, -0.2) is 4.79 Å². The molecule has 2 amide bonds. The number of rotatable bonds is 7. The van der Waals surface area contributed by atoms with Gasteiger partial charge in [0.05, 0.1) is 32.7 Å². The molecule has 0 aliphatic rings. The van der Waals surface area contributed by atoms with Crippen LogP contribution in [-0.2, 0) is 5.41 Å². The largest absolute Gasteiger partial charge is 0.495 e. The van der Waals surface area contributed by atoms with E-state index in [0.29, 0.717) is 40.1 Å². The van der Waals surface area contributed by atoms with Crippen LogP contribution < -0.4 is 29.6 Å². The molecule has 0 aliphatic heterocycles. The fraction of sp³-hybridized carbons (Fsp3) is 0.233. The summed E-state index contributed by atoms with van der Waals surface area (Å²) >= 11 is 0. The lowest BCUT2D eigenvalue weighted by molar-refractivity contribution is 0.262. The Morgan fingerprint density at radius 2 is 1.27 bits per heavy atom. The molecule has 4 rings (SSSR count). The monoisotopic (exact) mass is 500 g/mol. The van der Waals surface area contributed by atoms with E-state index in [-0.39, 0.29) is 11.4 Å². The molecule has 0 saturated heterocycles. The van der Waals surface area contributed by atoms with Gasteiger partial charge in [-0.3, -0.25) is 0 Å². The number of urea groups is 1. The smallest absolute Gasteiger partial charge is 0.323 e. The van der Waals surface area contributed by atoms with E-state index in [9.17, 15) is 4.79 Å². The van der Waals surface area contributed by atoms with Gasteiger partial charge in [0.15, 0.2) is 11.5 Å². The highest BCUT2D eigenvalue weighted by Gasteiger charge is 2.18. The third-order valence-corrected chi connectivity index (χ3v) is 6.03. The van der Waals surface area contributed by atoms with E-state index in [4.69, 9.17) is 18.9 Å². The minimum absolute atomic E-state index is 0.0703. The highest BCUT2D eigenvalue weighted by Crippen LogP contribution is 2.38. The Morgan fingerprint density at radius 3 is 1.95 bits per heavy atom. The van der Waals surface area contributed by atoms with Gasteiger partial charge in [-0.05, 0) is 47.4 Å². The van der Waals surface area contributed by atoms with E-state index in [2.05, 4.69) is 31.4 Å². The maximum Gasteiger partial charge on any atom is 0.323 e. The van der Waals surface area contributed by atoms with Crippen molar-refractivity contribution in [1.29, 1.82) is 0 Å². The van der Waals surface area contributed by atoms with Crippen molar-refractivity contribution in [3.8, 4) is 28.7 Å². The number of fused-ring (bicyclic) bond motifs is 1. The number of nitrogens with one attached hydrogen (secondary N) is 2. The number of anilines is 2. The fourth-order valence-corrected chi connectivity index (χ4v) is 4.02. The first kappa shape index (κ1) is 25.7. The van der Waals surface area contributed by atoms with Crippen molar-refractivity contribution in [2.24, 2.45) is 0 Å². The number of ether oxygens (including phenoxy) is 4. The van der Waals surface area contributed by atoms with Crippen LogP contribution in [-0.4, -0.2) is 27.4 Å². The molecule has 37 heavy (non-hydrogen) atoms. The molecule has 7 heteroatoms. The Bertz CT molecular complexity index is 1430. The molecule has 0 spiro atoms. The quantitative estimate of drug-likeness (QED) is 0.273. The summed E-state index contributed by atoms with van der Waals surface area (Å²) in [6.07, 6.45) is 0. The molecule has 2 N–H and O–H groups in total. The van der Waals surface area contributed by atoms with Crippen LogP contribution in [0.1, 0.15) is 26.3 Å². The predicted octanol–water partition coefficient (Wildman–Crippen LogP) is 7.60. The molecule has 0 unspecified atom stereocenters. The van der Waals surface area contributed by atoms with Gasteiger partial charge in [0.25, 0.3) is 0 Å². The fourth-order valence-electron chi connectivity index (χ4n) is 4.02. The van der Waals surface area contributed by atoms with Gasteiger partial charge in [0, 0.05) is 16.8 Å². The van der Waals surface area contributed by atoms with Gasteiger partial charge in [-0.2, -0.15) is 0 Å². The van der Waals surface area contributed by atoms with Crippen LogP contribution in [0.25, 0.3) is 10.8 Å². The van der Waals surface area contributed by atoms with E-state index in [1.54, 1.807) is 33.5 Å². The van der Waals surface area contributed by atoms with Crippen LogP contribution in [0.3, 0.4) is 0 Å². The van der Waals surface area contributed by atoms with Crippen LogP contribution in [0.2, 0.25) is 0 Å². The first-order valence-electron chi connectivity index (χ1n) is 11.9. The number of amides is 2. The van der Waals surface area contributed by atoms with E-state index in [0.717, 1.165) is 16.3 Å². The zero-order valence-corrected chi connectivity index (χ0v) is 22.0. The minimum atomic E-state index is -0.372. The van der Waals surface area contributed by atoms with Crippen molar-refractivity contribution in [1.82, 2.24) is 0 Å². The molecule has 0 heterocycles. The van der Waals surface area contributed by atoms with Crippen molar-refractivity contribution in [2.45, 2.75) is 26.2 Å². The van der Waals surface area contributed by atoms with Gasteiger partial charge in [0.2, 0.25) is 0 Å². The molecule has 0 fully saturated rings. The summed E-state index contributed by atoms with van der Waals surface area (Å²) in [5, 5.41) is 7.59. The van der Waals surface area contributed by atoms with Crippen molar-refractivity contribution in [3.05, 3.63) is 78.4 Å². The Morgan fingerprint density at radius 1 is 0.649 bits per heavy atom. The number of carbonyl (C=O) groups is 1. The summed E-state index contributed by atoms with van der Waals surface area (Å²) in [6.45, 7) is 6.36. The van der Waals surface area contributed by atoms with Gasteiger partial charge in [-0.1, -0.05) is 51.1 Å². The van der Waals surface area contributed by atoms with Gasteiger partial charge < -0.3 is 29.6 Å². The lowest BCUT2D eigenvalue weighted by atomic mass is 9.87. The highest BCUT2D eigenvalue weighted by molar-refractivity contribution is 6.08. The molecule has 0 atom stereocenters. The highest BCUT2D eigenvalue weighted by atomic mass is 16.5. The van der Waals surface area contributed by atoms with E-state index < -0.39 is 0 Å². The molecule has 0 aliphatic carbocycles. The molecule has 4 aromatic rings. The number of benzene rings is 4. The Balaban J connectivity index is 1.60. The zero-order chi connectivity index (χ0) is 26.6. The van der Waals surface area contributed by atoms with Crippen LogP contribution in [0.5, 0.6) is 28.7 Å². The molecule has 0 radical (unpaired) electrons. The molecule has 0 aromatic heterocycles. The SMILES string of the molecule is COc1ccc(C(C)(C)C)cc1NC(=O)Nc1ccc(Oc2ccc(OC)c(OC)c2)c2ccccc12. The van der Waals surface area contributed by atoms with E-state index >= 15 is 0 Å². The van der Waals surface area contributed by atoms with Crippen molar-refractivity contribution < 1.29 is 23.7 Å². The zero-order valence-electron chi connectivity index (χ0n) is 22.0. The van der Waals surface area contributed by atoms with Gasteiger partial charge >= 0.3 is 6.03 Å². The second-order valence-electron chi connectivity index (χ2n) is 9.52. The molecule has 0 bridgehead atoms. The first-order chi connectivity index (χ1) is 17.7. The summed E-state index contributed by atoms with van der Waals surface area (Å²) in [7, 11) is 4.75. The van der Waals surface area contributed by atoms with E-state index in [1.165, 1.54) is 0 Å². The minimum Gasteiger partial charge on any atom is -0.495 e. The van der Waals surface area contributed by atoms with Crippen molar-refractivity contribution in [3.63, 3.8) is 0 Å². The van der Waals surface area contributed by atoms with Crippen LogP contribution in [0.15, 0.2) is 72.8 Å². The number of carbonyl (C=O) groups excluding carboxylic acids is 1. The van der Waals surface area contributed by atoms with Crippen molar-refractivity contribution >= 4 is 28.2 Å². The Kier molecular flexibility index (Phi) is 7.43. The second-order valence-corrected chi connectivity index (χ2v) is 9.52. The lowest BCUT2D eigenvalue weighted by Crippen LogP contribution is -2.21. The van der Waals surface area contributed by atoms with Crippen LogP contribution in [0, 0.1) is 0 Å². The van der Waals surface area contributed by atoms with Crippen molar-refractivity contribution in [2.75, 3.05) is 32.0 Å². The Hall–Kier alpha value is -4.39. The average Bonchev–Trinajstić information content (AvgIpc) is 2.89. The normalized spacial score (nSPS) is 11.1. The summed E-state index contributed by atoms with van der Waals surface area (Å²) in [5.41, 5.74) is 2.27. The molecular weight excluding hydrogens is 468 g/mol. The number of methoxy groups -OCH3 is 3. The Labute approximate surface area is 217 Å². The summed E-state index contributed by atoms with van der Waals surface area (Å²) < 4.78 is 22.3. The molecule has 7 nitrogen and oxygen atoms in total. The maximum absolute atomic E-state index is 13.0. The van der Waals surface area contributed by atoms with Crippen LogP contribution >= 0.6 is 0 Å². The molecule has 192 valence electrons. The third kappa shape index (κ3) is 5.72. The number of hydrogen-bond donors (Lipinski definition) is 2. The van der Waals surface area contributed by atoms with Gasteiger partial charge in [-0.15, -0.1) is 0 Å². The molecular formula is C30H32N2O5. The second kappa shape index (κ2) is 10.7. The van der Waals surface area contributed by atoms with Gasteiger partial charge in [0.1, 0.15) is 17.2 Å². The maximum atomic E-state index is 13.0. The molecule has 0 saturated carbocycles. The summed E-state index contributed by atoms with van der Waals surface area (Å²) in [5.74, 6) is 3.03. The lowest BCUT2D eigenvalue weighted by Gasteiger charge is -2.21. The number of hydrogen-bond acceptors (Lipinski definition) is 5. The summed E-state index contributed by atoms with van der Waals surface area (Å²) in [4.78, 5) is 13.0. The van der Waals surface area contributed by atoms with E-state index in [1.807, 2.05) is 60.7 Å². The average molecular weight is 501 g/mol. The topological polar surface area (TPSA) is 78.1 Å². The molecule has 4 aromatic carbocycles. The summed E-state index contributed by atoms with van der Waals surface area (Å²) in [6, 6.07) is 22.2.